The molecular weight excluding hydrogens is 334 g/mol. The van der Waals surface area contributed by atoms with Crippen LogP contribution in [0.1, 0.15) is 16.2 Å². The molecule has 1 N–H and O–H groups in total. The van der Waals surface area contributed by atoms with Gasteiger partial charge in [-0.25, -0.2) is 0 Å². The maximum Gasteiger partial charge on any atom is 0.266 e. The van der Waals surface area contributed by atoms with E-state index in [2.05, 4.69) is 20.1 Å². The van der Waals surface area contributed by atoms with Gasteiger partial charge >= 0.3 is 0 Å². The van der Waals surface area contributed by atoms with Crippen molar-refractivity contribution in [2.24, 2.45) is 0 Å². The highest BCUT2D eigenvalue weighted by molar-refractivity contribution is 6.30. The molecule has 3 rings (SSSR count). The third-order valence-electron chi connectivity index (χ3n) is 3.21. The normalized spacial score (nSPS) is 10.6. The standard InChI is InChI=1S/C15H12ClN5O3/c1-21(15(23)10-5-11(16)14(22)18-7-10)8-12-19-13(20-24-12)9-3-2-4-17-6-9/h2-7H,8H2,1H3,(H,18,22). The lowest BCUT2D eigenvalue weighted by Crippen LogP contribution is -2.27. The molecule has 0 aliphatic heterocycles. The van der Waals surface area contributed by atoms with E-state index in [0.717, 1.165) is 0 Å². The molecule has 8 nitrogen and oxygen atoms in total. The molecule has 24 heavy (non-hydrogen) atoms. The summed E-state index contributed by atoms with van der Waals surface area (Å²) < 4.78 is 5.15. The van der Waals surface area contributed by atoms with Crippen molar-refractivity contribution in [3.05, 3.63) is 63.6 Å². The molecule has 3 aromatic heterocycles. The zero-order chi connectivity index (χ0) is 17.1. The van der Waals surface area contributed by atoms with Crippen molar-refractivity contribution in [2.45, 2.75) is 6.54 Å². The number of nitrogens with zero attached hydrogens (tertiary/aromatic N) is 4. The second-order valence-corrected chi connectivity index (χ2v) is 5.39. The van der Waals surface area contributed by atoms with Gasteiger partial charge in [0.25, 0.3) is 11.5 Å². The van der Waals surface area contributed by atoms with Crippen LogP contribution < -0.4 is 5.56 Å². The van der Waals surface area contributed by atoms with Crippen LogP contribution >= 0.6 is 11.6 Å². The van der Waals surface area contributed by atoms with Crippen LogP contribution in [0.3, 0.4) is 0 Å². The van der Waals surface area contributed by atoms with Crippen LogP contribution in [0.4, 0.5) is 0 Å². The maximum atomic E-state index is 12.3. The first-order valence-corrected chi connectivity index (χ1v) is 7.29. The number of aromatic amines is 1. The Bertz CT molecular complexity index is 922. The SMILES string of the molecule is CN(Cc1nc(-c2cccnc2)no1)C(=O)c1c[nH]c(=O)c(Cl)c1. The van der Waals surface area contributed by atoms with Gasteiger partial charge in [-0.2, -0.15) is 4.98 Å². The molecule has 0 saturated carbocycles. The van der Waals surface area contributed by atoms with Crippen LogP contribution in [-0.2, 0) is 6.54 Å². The van der Waals surface area contributed by atoms with E-state index in [1.54, 1.807) is 31.6 Å². The number of hydrogen-bond acceptors (Lipinski definition) is 6. The van der Waals surface area contributed by atoms with Gasteiger partial charge in [-0.05, 0) is 18.2 Å². The van der Waals surface area contributed by atoms with Crippen LogP contribution in [-0.4, -0.2) is 38.0 Å². The molecule has 0 aliphatic carbocycles. The van der Waals surface area contributed by atoms with Gasteiger partial charge in [0.05, 0.1) is 12.1 Å². The summed E-state index contributed by atoms with van der Waals surface area (Å²) in [6, 6.07) is 4.88. The maximum absolute atomic E-state index is 12.3. The fourth-order valence-electron chi connectivity index (χ4n) is 2.01. The first-order valence-electron chi connectivity index (χ1n) is 6.91. The first-order chi connectivity index (χ1) is 11.5. The van der Waals surface area contributed by atoms with Crippen molar-refractivity contribution in [3.8, 4) is 11.4 Å². The van der Waals surface area contributed by atoms with Crippen molar-refractivity contribution >= 4 is 17.5 Å². The van der Waals surface area contributed by atoms with Gasteiger partial charge in [0.15, 0.2) is 0 Å². The van der Waals surface area contributed by atoms with Crippen LogP contribution in [0, 0.1) is 0 Å². The monoisotopic (exact) mass is 345 g/mol. The number of H-pyrrole nitrogens is 1. The van der Waals surface area contributed by atoms with Gasteiger partial charge in [-0.15, -0.1) is 0 Å². The molecule has 0 spiro atoms. The number of rotatable bonds is 4. The van der Waals surface area contributed by atoms with E-state index in [-0.39, 0.29) is 28.9 Å². The minimum absolute atomic E-state index is 0.0501. The van der Waals surface area contributed by atoms with Gasteiger partial charge in [-0.1, -0.05) is 16.8 Å². The molecule has 122 valence electrons. The van der Waals surface area contributed by atoms with Crippen molar-refractivity contribution in [3.63, 3.8) is 0 Å². The number of halogens is 1. The second kappa shape index (κ2) is 6.63. The molecule has 0 aliphatic rings. The van der Waals surface area contributed by atoms with Crippen molar-refractivity contribution in [1.29, 1.82) is 0 Å². The predicted molar refractivity (Wildman–Crippen MR) is 85.4 cm³/mol. The molecule has 3 heterocycles. The summed E-state index contributed by atoms with van der Waals surface area (Å²) in [5.41, 5.74) is 0.525. The summed E-state index contributed by atoms with van der Waals surface area (Å²) >= 11 is 5.73. The molecule has 9 heteroatoms. The lowest BCUT2D eigenvalue weighted by atomic mass is 10.2. The average molecular weight is 346 g/mol. The van der Waals surface area contributed by atoms with Crippen molar-refractivity contribution in [2.75, 3.05) is 7.05 Å². The van der Waals surface area contributed by atoms with Crippen LogP contribution in [0.15, 0.2) is 46.1 Å². The smallest absolute Gasteiger partial charge is 0.266 e. The molecule has 0 aromatic carbocycles. The Morgan fingerprint density at radius 3 is 3.00 bits per heavy atom. The quantitative estimate of drug-likeness (QED) is 0.772. The third-order valence-corrected chi connectivity index (χ3v) is 3.49. The zero-order valence-electron chi connectivity index (χ0n) is 12.6. The van der Waals surface area contributed by atoms with Crippen LogP contribution in [0.2, 0.25) is 5.02 Å². The number of carbonyl (C=O) groups is 1. The van der Waals surface area contributed by atoms with E-state index in [1.807, 2.05) is 0 Å². The highest BCUT2D eigenvalue weighted by Gasteiger charge is 2.17. The Morgan fingerprint density at radius 1 is 1.46 bits per heavy atom. The lowest BCUT2D eigenvalue weighted by molar-refractivity contribution is 0.0769. The first kappa shape index (κ1) is 15.9. The molecule has 3 aromatic rings. The van der Waals surface area contributed by atoms with Crippen LogP contribution in [0.25, 0.3) is 11.4 Å². The van der Waals surface area contributed by atoms with E-state index in [9.17, 15) is 9.59 Å². The number of pyridine rings is 2. The minimum Gasteiger partial charge on any atom is -0.337 e. The number of aromatic nitrogens is 4. The Morgan fingerprint density at radius 2 is 2.29 bits per heavy atom. The highest BCUT2D eigenvalue weighted by atomic mass is 35.5. The summed E-state index contributed by atoms with van der Waals surface area (Å²) in [5.74, 6) is 0.334. The van der Waals surface area contributed by atoms with Gasteiger partial charge < -0.3 is 14.4 Å². The average Bonchev–Trinajstić information content (AvgIpc) is 3.06. The fraction of sp³-hybridized carbons (Fsp3) is 0.133. The molecule has 0 fully saturated rings. The fourth-order valence-corrected chi connectivity index (χ4v) is 2.18. The molecule has 0 unspecified atom stereocenters. The highest BCUT2D eigenvalue weighted by Crippen LogP contribution is 2.15. The van der Waals surface area contributed by atoms with E-state index >= 15 is 0 Å². The van der Waals surface area contributed by atoms with Gasteiger partial charge in [-0.3, -0.25) is 14.6 Å². The van der Waals surface area contributed by atoms with Gasteiger partial charge in [0, 0.05) is 31.2 Å². The van der Waals surface area contributed by atoms with E-state index in [0.29, 0.717) is 11.4 Å². The number of amides is 1. The Labute approximate surface area is 141 Å². The summed E-state index contributed by atoms with van der Waals surface area (Å²) in [6.45, 7) is 0.114. The van der Waals surface area contributed by atoms with Gasteiger partial charge in [0.2, 0.25) is 11.7 Å². The van der Waals surface area contributed by atoms with E-state index in [1.165, 1.54) is 17.2 Å². The molecule has 0 saturated heterocycles. The predicted octanol–water partition coefficient (Wildman–Crippen LogP) is 1.75. The Balaban J connectivity index is 1.74. The summed E-state index contributed by atoms with van der Waals surface area (Å²) in [5, 5.41) is 3.81. The second-order valence-electron chi connectivity index (χ2n) is 4.98. The minimum atomic E-state index is -0.450. The Kier molecular flexibility index (Phi) is 4.39. The summed E-state index contributed by atoms with van der Waals surface area (Å²) in [7, 11) is 1.58. The summed E-state index contributed by atoms with van der Waals surface area (Å²) in [4.78, 5) is 35.6. The lowest BCUT2D eigenvalue weighted by Gasteiger charge is -2.14. The number of hydrogen-bond donors (Lipinski definition) is 1. The van der Waals surface area contributed by atoms with Crippen LogP contribution in [0.5, 0.6) is 0 Å². The number of nitrogens with one attached hydrogen (secondary N) is 1. The molecule has 1 amide bonds. The summed E-state index contributed by atoms with van der Waals surface area (Å²) in [6.07, 6.45) is 4.57. The largest absolute Gasteiger partial charge is 0.337 e. The van der Waals surface area contributed by atoms with Gasteiger partial charge in [0.1, 0.15) is 5.02 Å². The molecule has 0 radical (unpaired) electrons. The topological polar surface area (TPSA) is 105 Å². The van der Waals surface area contributed by atoms with Crippen molar-refractivity contribution in [1.82, 2.24) is 25.0 Å². The third kappa shape index (κ3) is 3.33. The number of carbonyl (C=O) groups excluding carboxylic acids is 1. The Hall–Kier alpha value is -3.00. The van der Waals surface area contributed by atoms with E-state index in [4.69, 9.17) is 16.1 Å². The van der Waals surface area contributed by atoms with Crippen molar-refractivity contribution < 1.29 is 9.32 Å². The molecular formula is C15H12ClN5O3. The zero-order valence-corrected chi connectivity index (χ0v) is 13.3. The molecule has 0 bridgehead atoms. The van der Waals surface area contributed by atoms with E-state index < -0.39 is 5.56 Å². The molecule has 0 atom stereocenters.